The van der Waals surface area contributed by atoms with Crippen molar-refractivity contribution in [2.45, 2.75) is 27.7 Å². The molecule has 0 radical (unpaired) electrons. The highest BCUT2D eigenvalue weighted by Gasteiger charge is 2.22. The van der Waals surface area contributed by atoms with Crippen LogP contribution in [0.3, 0.4) is 0 Å². The molecule has 0 fully saturated rings. The number of anilines is 1. The summed E-state index contributed by atoms with van der Waals surface area (Å²) in [7, 11) is 0. The summed E-state index contributed by atoms with van der Waals surface area (Å²) in [6.07, 6.45) is 0. The van der Waals surface area contributed by atoms with E-state index in [9.17, 15) is 14.4 Å². The number of ether oxygens (including phenoxy) is 2. The molecule has 0 saturated carbocycles. The van der Waals surface area contributed by atoms with E-state index in [4.69, 9.17) is 9.47 Å². The summed E-state index contributed by atoms with van der Waals surface area (Å²) in [5.41, 5.74) is 1.75. The number of nitrogens with one attached hydrogen (secondary N) is 1. The van der Waals surface area contributed by atoms with E-state index in [0.29, 0.717) is 21.9 Å². The van der Waals surface area contributed by atoms with E-state index in [0.717, 1.165) is 10.4 Å². The number of carbonyl (C=O) groups excluding carboxylic acids is 3. The van der Waals surface area contributed by atoms with Gasteiger partial charge in [-0.15, -0.1) is 11.3 Å². The summed E-state index contributed by atoms with van der Waals surface area (Å²) in [4.78, 5) is 36.5. The number of Topliss-reactive ketones (excluding diaryl/α,β-unsaturated/α-hetero) is 1. The maximum atomic E-state index is 12.2. The van der Waals surface area contributed by atoms with Crippen molar-refractivity contribution in [2.75, 3.05) is 18.5 Å². The molecule has 26 heavy (non-hydrogen) atoms. The number of amides is 1. The van der Waals surface area contributed by atoms with Gasteiger partial charge in [0.05, 0.1) is 12.2 Å². The van der Waals surface area contributed by atoms with Crippen LogP contribution in [0.1, 0.15) is 45.0 Å². The Morgan fingerprint density at radius 2 is 1.77 bits per heavy atom. The summed E-state index contributed by atoms with van der Waals surface area (Å²) >= 11 is 1.32. The first kappa shape index (κ1) is 19.7. The van der Waals surface area contributed by atoms with Crippen LogP contribution in [0.2, 0.25) is 0 Å². The van der Waals surface area contributed by atoms with Crippen LogP contribution >= 0.6 is 11.3 Å². The molecule has 0 aliphatic rings. The maximum absolute atomic E-state index is 12.2. The number of hydrogen-bond acceptors (Lipinski definition) is 6. The molecule has 0 bridgehead atoms. The third kappa shape index (κ3) is 4.70. The van der Waals surface area contributed by atoms with Crippen LogP contribution in [0.4, 0.5) is 5.00 Å². The molecule has 1 aromatic carbocycles. The van der Waals surface area contributed by atoms with Gasteiger partial charge in [0.15, 0.2) is 12.4 Å². The van der Waals surface area contributed by atoms with E-state index in [1.165, 1.54) is 18.3 Å². The van der Waals surface area contributed by atoms with Crippen molar-refractivity contribution in [3.63, 3.8) is 0 Å². The van der Waals surface area contributed by atoms with Crippen molar-refractivity contribution >= 4 is 34.0 Å². The van der Waals surface area contributed by atoms with Gasteiger partial charge < -0.3 is 14.8 Å². The molecular formula is C19H21NO5S. The van der Waals surface area contributed by atoms with Crippen LogP contribution in [-0.2, 0) is 9.53 Å². The maximum Gasteiger partial charge on any atom is 0.341 e. The number of thiophene rings is 1. The van der Waals surface area contributed by atoms with Gasteiger partial charge >= 0.3 is 5.97 Å². The number of aryl methyl sites for hydroxylation is 1. The van der Waals surface area contributed by atoms with Crippen molar-refractivity contribution in [1.82, 2.24) is 0 Å². The first-order chi connectivity index (χ1) is 12.3. The second kappa shape index (κ2) is 8.62. The fraction of sp³-hybridized carbons (Fsp3) is 0.316. The van der Waals surface area contributed by atoms with Crippen molar-refractivity contribution < 1.29 is 23.9 Å². The van der Waals surface area contributed by atoms with Gasteiger partial charge in [-0.25, -0.2) is 4.79 Å². The minimum Gasteiger partial charge on any atom is -0.484 e. The number of carbonyl (C=O) groups is 3. The minimum absolute atomic E-state index is 0.0378. The molecular weight excluding hydrogens is 354 g/mol. The number of rotatable bonds is 7. The van der Waals surface area contributed by atoms with E-state index >= 15 is 0 Å². The zero-order valence-corrected chi connectivity index (χ0v) is 16.0. The fourth-order valence-electron chi connectivity index (χ4n) is 2.26. The average Bonchev–Trinajstić information content (AvgIpc) is 2.87. The van der Waals surface area contributed by atoms with E-state index in [1.54, 1.807) is 31.2 Å². The molecule has 1 heterocycles. The van der Waals surface area contributed by atoms with Gasteiger partial charge in [-0.2, -0.15) is 0 Å². The highest BCUT2D eigenvalue weighted by Crippen LogP contribution is 2.33. The van der Waals surface area contributed by atoms with Crippen molar-refractivity contribution in [2.24, 2.45) is 0 Å². The molecule has 1 N–H and O–H groups in total. The fourth-order valence-corrected chi connectivity index (χ4v) is 3.33. The second-order valence-corrected chi connectivity index (χ2v) is 6.85. The molecule has 2 rings (SSSR count). The molecule has 0 unspecified atom stereocenters. The summed E-state index contributed by atoms with van der Waals surface area (Å²) in [6, 6.07) is 6.54. The minimum atomic E-state index is -0.453. The standard InChI is InChI=1S/C19H21NO5S/c1-5-24-19(23)17-11(2)13(4)26-18(17)20-16(22)10-25-15-8-6-14(7-9-15)12(3)21/h6-9H,5,10H2,1-4H3,(H,20,22). The lowest BCUT2D eigenvalue weighted by Crippen LogP contribution is -2.21. The number of hydrogen-bond donors (Lipinski definition) is 1. The van der Waals surface area contributed by atoms with Gasteiger partial charge in [-0.1, -0.05) is 0 Å². The summed E-state index contributed by atoms with van der Waals surface area (Å²) in [6.45, 7) is 6.97. The molecule has 138 valence electrons. The van der Waals surface area contributed by atoms with Gasteiger partial charge in [0, 0.05) is 10.4 Å². The first-order valence-electron chi connectivity index (χ1n) is 8.14. The third-order valence-corrected chi connectivity index (χ3v) is 4.87. The van der Waals surface area contributed by atoms with Crippen molar-refractivity contribution in [3.05, 3.63) is 45.8 Å². The molecule has 1 amide bonds. The van der Waals surface area contributed by atoms with Gasteiger partial charge in [-0.05, 0) is 57.5 Å². The molecule has 0 saturated heterocycles. The number of ketones is 1. The van der Waals surface area contributed by atoms with Crippen LogP contribution in [0, 0.1) is 13.8 Å². The topological polar surface area (TPSA) is 81.7 Å². The Morgan fingerprint density at radius 3 is 2.35 bits per heavy atom. The summed E-state index contributed by atoms with van der Waals surface area (Å²) < 4.78 is 10.5. The average molecular weight is 375 g/mol. The lowest BCUT2D eigenvalue weighted by Gasteiger charge is -2.09. The van der Waals surface area contributed by atoms with Gasteiger partial charge in [0.25, 0.3) is 5.91 Å². The van der Waals surface area contributed by atoms with Crippen LogP contribution in [0.5, 0.6) is 5.75 Å². The molecule has 0 spiro atoms. The molecule has 7 heteroatoms. The van der Waals surface area contributed by atoms with Gasteiger partial charge in [0.1, 0.15) is 10.8 Å². The molecule has 1 aromatic heterocycles. The van der Waals surface area contributed by atoms with E-state index in [1.807, 2.05) is 13.8 Å². The third-order valence-electron chi connectivity index (χ3n) is 3.75. The quantitative estimate of drug-likeness (QED) is 0.589. The SMILES string of the molecule is CCOC(=O)c1c(NC(=O)COc2ccc(C(C)=O)cc2)sc(C)c1C. The molecule has 2 aromatic rings. The zero-order chi connectivity index (χ0) is 19.3. The van der Waals surface area contributed by atoms with E-state index < -0.39 is 5.97 Å². The normalized spacial score (nSPS) is 10.3. The van der Waals surface area contributed by atoms with Crippen LogP contribution in [0.15, 0.2) is 24.3 Å². The van der Waals surface area contributed by atoms with Crippen LogP contribution in [-0.4, -0.2) is 30.9 Å². The lowest BCUT2D eigenvalue weighted by molar-refractivity contribution is -0.118. The predicted octanol–water partition coefficient (Wildman–Crippen LogP) is 3.76. The van der Waals surface area contributed by atoms with Crippen molar-refractivity contribution in [3.8, 4) is 5.75 Å². The zero-order valence-electron chi connectivity index (χ0n) is 15.2. The van der Waals surface area contributed by atoms with Crippen LogP contribution in [0.25, 0.3) is 0 Å². The molecule has 0 atom stereocenters. The van der Waals surface area contributed by atoms with E-state index in [2.05, 4.69) is 5.32 Å². The monoisotopic (exact) mass is 375 g/mol. The molecule has 0 aliphatic carbocycles. The largest absolute Gasteiger partial charge is 0.484 e. The molecule has 6 nitrogen and oxygen atoms in total. The van der Waals surface area contributed by atoms with Crippen LogP contribution < -0.4 is 10.1 Å². The smallest absolute Gasteiger partial charge is 0.341 e. The lowest BCUT2D eigenvalue weighted by atomic mass is 10.1. The Kier molecular flexibility index (Phi) is 6.52. The number of benzene rings is 1. The van der Waals surface area contributed by atoms with Gasteiger partial charge in [0.2, 0.25) is 0 Å². The summed E-state index contributed by atoms with van der Waals surface area (Å²) in [5.74, 6) is -0.392. The van der Waals surface area contributed by atoms with Crippen molar-refractivity contribution in [1.29, 1.82) is 0 Å². The Labute approximate surface area is 156 Å². The Hall–Kier alpha value is -2.67. The summed E-state index contributed by atoms with van der Waals surface area (Å²) in [5, 5.41) is 3.17. The highest BCUT2D eigenvalue weighted by atomic mass is 32.1. The second-order valence-electron chi connectivity index (χ2n) is 5.63. The van der Waals surface area contributed by atoms with E-state index in [-0.39, 0.29) is 24.9 Å². The highest BCUT2D eigenvalue weighted by molar-refractivity contribution is 7.16. The molecule has 0 aliphatic heterocycles. The number of esters is 1. The first-order valence-corrected chi connectivity index (χ1v) is 8.95. The van der Waals surface area contributed by atoms with Gasteiger partial charge in [-0.3, -0.25) is 9.59 Å². The Bertz CT molecular complexity index is 823. The Morgan fingerprint density at radius 1 is 1.12 bits per heavy atom. The predicted molar refractivity (Wildman–Crippen MR) is 100 cm³/mol. The Balaban J connectivity index is 2.02.